The number of phenolic OH excluding ortho intramolecular Hbond substituents is 3. The Balaban J connectivity index is 1.65. The van der Waals surface area contributed by atoms with Gasteiger partial charge >= 0.3 is 11.9 Å². The molecule has 0 radical (unpaired) electrons. The van der Waals surface area contributed by atoms with E-state index in [1.54, 1.807) is 0 Å². The highest BCUT2D eigenvalue weighted by molar-refractivity contribution is 5.89. The molecule has 1 aliphatic heterocycles. The quantitative estimate of drug-likeness (QED) is 0.115. The van der Waals surface area contributed by atoms with Crippen LogP contribution in [-0.4, -0.2) is 96.2 Å². The van der Waals surface area contributed by atoms with Gasteiger partial charge in [0, 0.05) is 12.5 Å². The van der Waals surface area contributed by atoms with Crippen molar-refractivity contribution < 1.29 is 64.7 Å². The lowest BCUT2D eigenvalue weighted by Crippen LogP contribution is -2.60. The molecule has 1 aliphatic rings. The van der Waals surface area contributed by atoms with Crippen molar-refractivity contribution in [1.29, 1.82) is 0 Å². The fourth-order valence-corrected chi connectivity index (χ4v) is 3.46. The van der Waals surface area contributed by atoms with Gasteiger partial charge in [-0.05, 0) is 41.5 Å². The van der Waals surface area contributed by atoms with Crippen LogP contribution in [0, 0.1) is 0 Å². The molecule has 0 saturated carbocycles. The predicted octanol–water partition coefficient (Wildman–Crippen LogP) is -0.766. The van der Waals surface area contributed by atoms with Crippen molar-refractivity contribution in [3.63, 3.8) is 0 Å². The van der Waals surface area contributed by atoms with Crippen LogP contribution in [0.4, 0.5) is 0 Å². The maximum atomic E-state index is 12.1. The van der Waals surface area contributed by atoms with Crippen molar-refractivity contribution in [2.45, 2.75) is 43.2 Å². The maximum absolute atomic E-state index is 12.1. The Labute approximate surface area is 209 Å². The van der Waals surface area contributed by atoms with E-state index in [9.17, 15) is 50.4 Å². The summed E-state index contributed by atoms with van der Waals surface area (Å²) in [7, 11) is 0. The molecule has 2 aromatic carbocycles. The number of phenols is 3. The van der Waals surface area contributed by atoms with E-state index in [1.807, 2.05) is 0 Å². The highest BCUT2D eigenvalue weighted by atomic mass is 16.7. The molecule has 8 N–H and O–H groups in total. The molecule has 0 aliphatic carbocycles. The molecule has 37 heavy (non-hydrogen) atoms. The van der Waals surface area contributed by atoms with E-state index in [4.69, 9.17) is 14.2 Å². The van der Waals surface area contributed by atoms with Gasteiger partial charge in [0.25, 0.3) is 0 Å². The first kappa shape index (κ1) is 27.7. The summed E-state index contributed by atoms with van der Waals surface area (Å²) >= 11 is 0. The zero-order valence-electron chi connectivity index (χ0n) is 19.1. The van der Waals surface area contributed by atoms with Gasteiger partial charge in [0.2, 0.25) is 12.4 Å². The molecule has 6 unspecified atom stereocenters. The average molecular weight is 522 g/mol. The molecule has 1 fully saturated rings. The number of carbonyl (C=O) groups is 2. The van der Waals surface area contributed by atoms with Crippen LogP contribution >= 0.6 is 0 Å². The van der Waals surface area contributed by atoms with Crippen LogP contribution in [0.2, 0.25) is 0 Å². The standard InChI is InChI=1S/C24H26O13/c25-10-18-20(30)21(31)22(32)24(37-18)36-16-5-2-12(8-15(16)28)9-17(23(33)34)35-19(29)6-3-11-1-4-13(26)14(27)7-11/h1-8,17-18,20-22,24-28,30-32H,9-10H2,(H,33,34)/b6-3+. The van der Waals surface area contributed by atoms with Crippen molar-refractivity contribution in [2.75, 3.05) is 6.61 Å². The van der Waals surface area contributed by atoms with Gasteiger partial charge in [-0.2, -0.15) is 0 Å². The highest BCUT2D eigenvalue weighted by Gasteiger charge is 2.44. The summed E-state index contributed by atoms with van der Waals surface area (Å²) in [6.07, 6.45) is -7.50. The van der Waals surface area contributed by atoms with E-state index in [-0.39, 0.29) is 23.5 Å². The van der Waals surface area contributed by atoms with Gasteiger partial charge in [0.05, 0.1) is 6.61 Å². The molecule has 1 heterocycles. The molecule has 1 saturated heterocycles. The van der Waals surface area contributed by atoms with Crippen molar-refractivity contribution >= 4 is 18.0 Å². The average Bonchev–Trinajstić information content (AvgIpc) is 2.86. The van der Waals surface area contributed by atoms with Crippen LogP contribution in [0.3, 0.4) is 0 Å². The molecule has 0 aromatic heterocycles. The number of hydrogen-bond acceptors (Lipinski definition) is 12. The minimum absolute atomic E-state index is 0.211. The second kappa shape index (κ2) is 11.9. The van der Waals surface area contributed by atoms with Gasteiger partial charge < -0.3 is 55.1 Å². The third-order valence-electron chi connectivity index (χ3n) is 5.48. The number of benzene rings is 2. The fraction of sp³-hybridized carbons (Fsp3) is 0.333. The third-order valence-corrected chi connectivity index (χ3v) is 5.48. The minimum atomic E-state index is -1.70. The Bertz CT molecular complexity index is 1150. The lowest BCUT2D eigenvalue weighted by molar-refractivity contribution is -0.277. The lowest BCUT2D eigenvalue weighted by Gasteiger charge is -2.39. The second-order valence-corrected chi connectivity index (χ2v) is 8.17. The number of carboxylic acids is 1. The smallest absolute Gasteiger partial charge is 0.345 e. The third kappa shape index (κ3) is 6.87. The number of aliphatic hydroxyl groups excluding tert-OH is 4. The van der Waals surface area contributed by atoms with E-state index < -0.39 is 66.9 Å². The monoisotopic (exact) mass is 522 g/mol. The van der Waals surface area contributed by atoms with Crippen LogP contribution < -0.4 is 4.74 Å². The fourth-order valence-electron chi connectivity index (χ4n) is 3.46. The molecule has 6 atom stereocenters. The summed E-state index contributed by atoms with van der Waals surface area (Å²) in [5, 5.41) is 77.5. The number of carboxylic acid groups (broad SMARTS) is 1. The molecular formula is C24H26O13. The van der Waals surface area contributed by atoms with Gasteiger partial charge in [-0.15, -0.1) is 0 Å². The molecule has 3 rings (SSSR count). The van der Waals surface area contributed by atoms with Crippen LogP contribution in [0.1, 0.15) is 11.1 Å². The maximum Gasteiger partial charge on any atom is 0.345 e. The van der Waals surface area contributed by atoms with E-state index in [0.29, 0.717) is 5.56 Å². The number of hydrogen-bond donors (Lipinski definition) is 8. The number of esters is 1. The molecule has 0 spiro atoms. The SMILES string of the molecule is O=C(/C=C/c1ccc(O)c(O)c1)OC(Cc1ccc(OC2OC(CO)C(O)C(O)C2O)c(O)c1)C(=O)O. The first-order valence-electron chi connectivity index (χ1n) is 10.9. The van der Waals surface area contributed by atoms with Gasteiger partial charge in [0.15, 0.2) is 23.0 Å². The van der Waals surface area contributed by atoms with Crippen molar-refractivity contribution in [2.24, 2.45) is 0 Å². The molecule has 13 nitrogen and oxygen atoms in total. The summed E-state index contributed by atoms with van der Waals surface area (Å²) in [6, 6.07) is 7.52. The summed E-state index contributed by atoms with van der Waals surface area (Å²) in [6.45, 7) is -0.669. The predicted molar refractivity (Wildman–Crippen MR) is 123 cm³/mol. The van der Waals surface area contributed by atoms with Gasteiger partial charge in [0.1, 0.15) is 24.4 Å². The van der Waals surface area contributed by atoms with E-state index in [0.717, 1.165) is 12.1 Å². The number of aliphatic hydroxyl groups is 4. The van der Waals surface area contributed by atoms with Gasteiger partial charge in [-0.3, -0.25) is 0 Å². The Hall–Kier alpha value is -3.88. The van der Waals surface area contributed by atoms with E-state index >= 15 is 0 Å². The first-order chi connectivity index (χ1) is 17.5. The summed E-state index contributed by atoms with van der Waals surface area (Å²) < 4.78 is 15.5. The summed E-state index contributed by atoms with van der Waals surface area (Å²) in [5.74, 6) is -3.90. The molecular weight excluding hydrogens is 496 g/mol. The molecule has 0 bridgehead atoms. The Morgan fingerprint density at radius 3 is 2.30 bits per heavy atom. The largest absolute Gasteiger partial charge is 0.504 e. The van der Waals surface area contributed by atoms with Crippen molar-refractivity contribution in [1.82, 2.24) is 0 Å². The topological polar surface area (TPSA) is 224 Å². The zero-order valence-corrected chi connectivity index (χ0v) is 19.1. The number of rotatable bonds is 9. The summed E-state index contributed by atoms with van der Waals surface area (Å²) in [5.41, 5.74) is 0.588. The number of ether oxygens (including phenoxy) is 3. The first-order valence-corrected chi connectivity index (χ1v) is 10.9. The van der Waals surface area contributed by atoms with Crippen LogP contribution in [0.15, 0.2) is 42.5 Å². The summed E-state index contributed by atoms with van der Waals surface area (Å²) in [4.78, 5) is 23.7. The highest BCUT2D eigenvalue weighted by Crippen LogP contribution is 2.32. The second-order valence-electron chi connectivity index (χ2n) is 8.17. The Kier molecular flexibility index (Phi) is 8.91. The number of carbonyl (C=O) groups excluding carboxylic acids is 1. The molecule has 13 heteroatoms. The van der Waals surface area contributed by atoms with Crippen LogP contribution in [0.5, 0.6) is 23.0 Å². The minimum Gasteiger partial charge on any atom is -0.504 e. The Morgan fingerprint density at radius 2 is 1.68 bits per heavy atom. The van der Waals surface area contributed by atoms with Crippen molar-refractivity contribution in [3.8, 4) is 23.0 Å². The molecule has 2 aromatic rings. The van der Waals surface area contributed by atoms with E-state index in [2.05, 4.69) is 0 Å². The van der Waals surface area contributed by atoms with Crippen molar-refractivity contribution in [3.05, 3.63) is 53.6 Å². The normalized spacial score (nSPS) is 24.5. The number of aromatic hydroxyl groups is 3. The number of aliphatic carboxylic acids is 1. The molecule has 0 amide bonds. The van der Waals surface area contributed by atoms with Crippen LogP contribution in [0.25, 0.3) is 6.08 Å². The molecule has 200 valence electrons. The van der Waals surface area contributed by atoms with Crippen LogP contribution in [-0.2, 0) is 25.5 Å². The van der Waals surface area contributed by atoms with Gasteiger partial charge in [-0.1, -0.05) is 12.1 Å². The Morgan fingerprint density at radius 1 is 0.946 bits per heavy atom. The lowest BCUT2D eigenvalue weighted by atomic mass is 9.99. The van der Waals surface area contributed by atoms with E-state index in [1.165, 1.54) is 36.4 Å². The zero-order chi connectivity index (χ0) is 27.3. The van der Waals surface area contributed by atoms with Gasteiger partial charge in [-0.25, -0.2) is 9.59 Å².